The third-order valence-corrected chi connectivity index (χ3v) is 11.3. The number of fused-ring (bicyclic) bond motifs is 2. The molecule has 2 aromatic rings. The zero-order chi connectivity index (χ0) is 26.0. The average Bonchev–Trinajstić information content (AvgIpc) is 3.40. The number of aliphatic hydroxyl groups excluding tert-OH is 2. The minimum Gasteiger partial charge on any atom is -0.493 e. The Balaban J connectivity index is 1.27. The minimum absolute atomic E-state index is 0.0115. The SMILES string of the molecule is CN(C)[C@H]1C[C@@]23CC[C@]4(O2)C2CC=C(c5ccc6c(O)nccc6c5)[C@@]2(C)CCC4(F)CC3[C@@H](O)[C@@H]1O. The van der Waals surface area contributed by atoms with Crippen LogP contribution in [0.3, 0.4) is 0 Å². The molecule has 3 heterocycles. The summed E-state index contributed by atoms with van der Waals surface area (Å²) >= 11 is 0. The number of allylic oxidation sites excluding steroid dienone is 2. The van der Waals surface area contributed by atoms with Gasteiger partial charge in [0.25, 0.3) is 0 Å². The number of hydrogen-bond donors (Lipinski definition) is 3. The van der Waals surface area contributed by atoms with E-state index < -0.39 is 29.1 Å². The molecule has 0 amide bonds. The van der Waals surface area contributed by atoms with Crippen molar-refractivity contribution in [3.8, 4) is 5.88 Å². The summed E-state index contributed by atoms with van der Waals surface area (Å²) in [5.74, 6) is -0.346. The number of pyridine rings is 1. The molecule has 3 N–H and O–H groups in total. The van der Waals surface area contributed by atoms with Crippen LogP contribution >= 0.6 is 0 Å². The molecule has 3 unspecified atom stereocenters. The molecule has 5 aliphatic rings. The molecule has 1 aromatic carbocycles. The lowest BCUT2D eigenvalue weighted by Crippen LogP contribution is -2.72. The van der Waals surface area contributed by atoms with Gasteiger partial charge in [-0.05, 0) is 99.2 Å². The van der Waals surface area contributed by atoms with Crippen LogP contribution in [-0.2, 0) is 4.74 Å². The molecule has 1 aromatic heterocycles. The van der Waals surface area contributed by atoms with Gasteiger partial charge in [-0.3, -0.25) is 0 Å². The Morgan fingerprint density at radius 3 is 2.65 bits per heavy atom. The van der Waals surface area contributed by atoms with E-state index in [4.69, 9.17) is 4.74 Å². The summed E-state index contributed by atoms with van der Waals surface area (Å²) in [4.78, 5) is 5.97. The van der Waals surface area contributed by atoms with Gasteiger partial charge >= 0.3 is 0 Å². The van der Waals surface area contributed by atoms with E-state index in [9.17, 15) is 15.3 Å². The molecule has 2 aliphatic heterocycles. The van der Waals surface area contributed by atoms with Gasteiger partial charge in [-0.25, -0.2) is 9.37 Å². The van der Waals surface area contributed by atoms with Crippen LogP contribution in [0.5, 0.6) is 5.88 Å². The quantitative estimate of drug-likeness (QED) is 0.563. The largest absolute Gasteiger partial charge is 0.493 e. The van der Waals surface area contributed by atoms with Gasteiger partial charge in [0.15, 0.2) is 0 Å². The second-order valence-corrected chi connectivity index (χ2v) is 12.9. The summed E-state index contributed by atoms with van der Waals surface area (Å²) in [6.07, 6.45) is 6.14. The molecule has 37 heavy (non-hydrogen) atoms. The summed E-state index contributed by atoms with van der Waals surface area (Å²) in [6.45, 7) is 2.28. The number of halogens is 1. The lowest BCUT2D eigenvalue weighted by molar-refractivity contribution is -0.314. The van der Waals surface area contributed by atoms with Gasteiger partial charge in [0.2, 0.25) is 5.88 Å². The van der Waals surface area contributed by atoms with Crippen molar-refractivity contribution in [2.24, 2.45) is 17.3 Å². The number of alkyl halides is 1. The highest BCUT2D eigenvalue weighted by Gasteiger charge is 2.77. The highest BCUT2D eigenvalue weighted by Crippen LogP contribution is 2.72. The predicted molar refractivity (Wildman–Crippen MR) is 139 cm³/mol. The maximum Gasteiger partial charge on any atom is 0.218 e. The molecule has 198 valence electrons. The topological polar surface area (TPSA) is 86.1 Å². The van der Waals surface area contributed by atoms with Crippen molar-refractivity contribution in [1.82, 2.24) is 9.88 Å². The first-order valence-corrected chi connectivity index (χ1v) is 13.7. The zero-order valence-electron chi connectivity index (χ0n) is 21.8. The first kappa shape index (κ1) is 24.0. The standard InChI is InChI=1S/C30H37FN2O4/c1-27-9-11-29(31)15-21-24(34)25(35)22(33(2)3)16-28(21)10-12-30(29,37-28)23(27)7-6-20(27)18-4-5-19-17(14-18)8-13-32-26(19)36/h4-6,8,13-14,21-25,34-35H,7,9-12,15-16H2,1-3H3,(H,32,36)/t21?,22-,23?,24+,25+,27+,28+,29?,30-/m0/s1. The van der Waals surface area contributed by atoms with Gasteiger partial charge in [-0.2, -0.15) is 0 Å². The van der Waals surface area contributed by atoms with Gasteiger partial charge in [-0.1, -0.05) is 19.1 Å². The van der Waals surface area contributed by atoms with Crippen molar-refractivity contribution >= 4 is 16.3 Å². The number of aromatic nitrogens is 1. The molecule has 2 saturated carbocycles. The number of nitrogens with zero attached hydrogens (tertiary/aromatic N) is 2. The summed E-state index contributed by atoms with van der Waals surface area (Å²) in [5, 5.41) is 33.9. The summed E-state index contributed by atoms with van der Waals surface area (Å²) < 4.78 is 24.3. The minimum atomic E-state index is -1.52. The van der Waals surface area contributed by atoms with Crippen LogP contribution in [0.15, 0.2) is 36.5 Å². The molecule has 7 rings (SSSR count). The van der Waals surface area contributed by atoms with Crippen molar-refractivity contribution in [1.29, 1.82) is 0 Å². The number of hydrogen-bond acceptors (Lipinski definition) is 6. The number of rotatable bonds is 2. The second kappa shape index (κ2) is 7.53. The van der Waals surface area contributed by atoms with Gasteiger partial charge in [-0.15, -0.1) is 0 Å². The summed E-state index contributed by atoms with van der Waals surface area (Å²) in [7, 11) is 3.85. The Kier molecular flexibility index (Phi) is 4.89. The number of aliphatic hydroxyl groups is 2. The highest BCUT2D eigenvalue weighted by molar-refractivity contribution is 5.90. The van der Waals surface area contributed by atoms with Crippen molar-refractivity contribution < 1.29 is 24.4 Å². The molecule has 0 radical (unpaired) electrons. The normalized spacial score (nSPS) is 46.5. The molecular formula is C30H37FN2O4. The van der Waals surface area contributed by atoms with E-state index in [-0.39, 0.29) is 35.6 Å². The first-order valence-electron chi connectivity index (χ1n) is 13.7. The van der Waals surface area contributed by atoms with Crippen LogP contribution in [0.25, 0.3) is 16.3 Å². The Morgan fingerprint density at radius 2 is 1.86 bits per heavy atom. The zero-order valence-corrected chi connectivity index (χ0v) is 21.8. The third kappa shape index (κ3) is 2.92. The molecular weight excluding hydrogens is 471 g/mol. The number of benzene rings is 1. The fourth-order valence-corrected chi connectivity index (χ4v) is 9.34. The van der Waals surface area contributed by atoms with Crippen LogP contribution in [0.4, 0.5) is 4.39 Å². The second-order valence-electron chi connectivity index (χ2n) is 12.9. The van der Waals surface area contributed by atoms with Gasteiger partial charge in [0.05, 0.1) is 17.8 Å². The summed E-state index contributed by atoms with van der Waals surface area (Å²) in [5.41, 5.74) is -0.882. The highest BCUT2D eigenvalue weighted by atomic mass is 19.1. The van der Waals surface area contributed by atoms with Crippen LogP contribution in [0, 0.1) is 17.3 Å². The molecule has 4 fully saturated rings. The molecule has 2 bridgehead atoms. The van der Waals surface area contributed by atoms with E-state index in [1.54, 1.807) is 6.20 Å². The number of likely N-dealkylation sites (N-methyl/N-ethyl adjacent to an activating group) is 1. The van der Waals surface area contributed by atoms with Crippen LogP contribution < -0.4 is 0 Å². The van der Waals surface area contributed by atoms with Crippen molar-refractivity contribution in [3.63, 3.8) is 0 Å². The van der Waals surface area contributed by atoms with E-state index in [1.165, 1.54) is 5.57 Å². The molecule has 2 spiro atoms. The van der Waals surface area contributed by atoms with E-state index >= 15 is 4.39 Å². The Hall–Kier alpha value is -2.06. The molecule has 9 atom stereocenters. The van der Waals surface area contributed by atoms with E-state index in [1.807, 2.05) is 37.2 Å². The van der Waals surface area contributed by atoms with Crippen molar-refractivity contribution in [2.75, 3.05) is 14.1 Å². The molecule has 2 saturated heterocycles. The predicted octanol–water partition coefficient (Wildman–Crippen LogP) is 4.22. The average molecular weight is 509 g/mol. The van der Waals surface area contributed by atoms with Gasteiger partial charge in [0.1, 0.15) is 11.3 Å². The number of ether oxygens (including phenoxy) is 1. The van der Waals surface area contributed by atoms with E-state index in [0.29, 0.717) is 25.7 Å². The first-order chi connectivity index (χ1) is 17.5. The lowest BCUT2D eigenvalue weighted by Gasteiger charge is -2.64. The maximum atomic E-state index is 17.2. The van der Waals surface area contributed by atoms with E-state index in [2.05, 4.69) is 24.1 Å². The third-order valence-electron chi connectivity index (χ3n) is 11.3. The monoisotopic (exact) mass is 508 g/mol. The molecule has 7 heteroatoms. The number of aromatic hydroxyl groups is 1. The fourth-order valence-electron chi connectivity index (χ4n) is 9.34. The Morgan fingerprint density at radius 1 is 1.05 bits per heavy atom. The van der Waals surface area contributed by atoms with E-state index in [0.717, 1.165) is 29.2 Å². The van der Waals surface area contributed by atoms with Crippen LogP contribution in [0.2, 0.25) is 0 Å². The lowest BCUT2D eigenvalue weighted by atomic mass is 9.51. The van der Waals surface area contributed by atoms with Gasteiger partial charge in [0, 0.05) is 29.5 Å². The van der Waals surface area contributed by atoms with Crippen LogP contribution in [0.1, 0.15) is 57.4 Å². The van der Waals surface area contributed by atoms with Gasteiger partial charge < -0.3 is 25.0 Å². The molecule has 3 aliphatic carbocycles. The Labute approximate surface area is 217 Å². The van der Waals surface area contributed by atoms with Crippen molar-refractivity contribution in [3.05, 3.63) is 42.1 Å². The fraction of sp³-hybridized carbons (Fsp3) is 0.633. The molecule has 6 nitrogen and oxygen atoms in total. The smallest absolute Gasteiger partial charge is 0.218 e. The Bertz CT molecular complexity index is 1320. The van der Waals surface area contributed by atoms with Crippen LogP contribution in [-0.4, -0.2) is 74.4 Å². The van der Waals surface area contributed by atoms with Crippen molar-refractivity contribution in [2.45, 2.75) is 87.0 Å². The maximum absolute atomic E-state index is 17.2. The summed E-state index contributed by atoms with van der Waals surface area (Å²) in [6, 6.07) is 7.78.